The van der Waals surface area contributed by atoms with Crippen LogP contribution in [0.3, 0.4) is 0 Å². The molecule has 1 rings (SSSR count). The fraction of sp³-hybridized carbons (Fsp3) is 0.333. The van der Waals surface area contributed by atoms with E-state index in [1.165, 1.54) is 5.56 Å². The Morgan fingerprint density at radius 2 is 1.91 bits per heavy atom. The quantitative estimate of drug-likeness (QED) is 0.630. The largest absolute Gasteiger partial charge is 0.269 e. The van der Waals surface area contributed by atoms with Gasteiger partial charge in [0.15, 0.2) is 8.46 Å². The first-order valence-electron chi connectivity index (χ1n) is 3.79. The summed E-state index contributed by atoms with van der Waals surface area (Å²) in [5, 5.41) is 0.852. The Balaban J connectivity index is 2.74. The van der Waals surface area contributed by atoms with E-state index in [0.29, 0.717) is 0 Å². The van der Waals surface area contributed by atoms with Crippen molar-refractivity contribution in [2.75, 3.05) is 0 Å². The van der Waals surface area contributed by atoms with Crippen LogP contribution in [0.4, 0.5) is 0 Å². The normalized spacial score (nSPS) is 10.3. The van der Waals surface area contributed by atoms with Crippen LogP contribution in [-0.2, 0) is 11.0 Å². The van der Waals surface area contributed by atoms with Gasteiger partial charge in [0.2, 0.25) is 0 Å². The Labute approximate surface area is 68.6 Å². The molecule has 11 heavy (non-hydrogen) atoms. The van der Waals surface area contributed by atoms with E-state index in [1.54, 1.807) is 0 Å². The van der Waals surface area contributed by atoms with Gasteiger partial charge in [-0.15, -0.1) is 0 Å². The molecule has 0 amide bonds. The second-order valence-electron chi connectivity index (χ2n) is 2.51. The van der Waals surface area contributed by atoms with Crippen molar-refractivity contribution in [3.8, 4) is 0 Å². The first-order chi connectivity index (χ1) is 5.36. The molecule has 0 atom stereocenters. The minimum Gasteiger partial charge on any atom is -0.269 e. The van der Waals surface area contributed by atoms with E-state index in [9.17, 15) is 4.57 Å². The predicted octanol–water partition coefficient (Wildman–Crippen LogP) is 2.56. The van der Waals surface area contributed by atoms with E-state index in [0.717, 1.165) is 18.1 Å². The predicted molar refractivity (Wildman–Crippen MR) is 47.7 cm³/mol. The summed E-state index contributed by atoms with van der Waals surface area (Å²) in [4.78, 5) is 0. The maximum atomic E-state index is 10.4. The first kappa shape index (κ1) is 8.42. The van der Waals surface area contributed by atoms with Gasteiger partial charge in [0, 0.05) is 5.30 Å². The van der Waals surface area contributed by atoms with Gasteiger partial charge < -0.3 is 0 Å². The third-order valence-corrected chi connectivity index (χ3v) is 2.09. The summed E-state index contributed by atoms with van der Waals surface area (Å²) in [6.07, 6.45) is 2.27. The van der Waals surface area contributed by atoms with Crippen LogP contribution in [0.15, 0.2) is 24.3 Å². The molecular weight excluding hydrogens is 155 g/mol. The lowest BCUT2D eigenvalue weighted by Crippen LogP contribution is -1.91. The molecule has 0 spiro atoms. The van der Waals surface area contributed by atoms with Crippen molar-refractivity contribution in [2.24, 2.45) is 0 Å². The topological polar surface area (TPSA) is 17.1 Å². The summed E-state index contributed by atoms with van der Waals surface area (Å²) >= 11 is 0. The molecule has 0 aliphatic rings. The monoisotopic (exact) mass is 166 g/mol. The van der Waals surface area contributed by atoms with E-state index in [2.05, 4.69) is 6.92 Å². The van der Waals surface area contributed by atoms with E-state index >= 15 is 0 Å². The number of aryl methyl sites for hydroxylation is 1. The molecule has 0 aromatic heterocycles. The molecule has 0 N–H and O–H groups in total. The molecule has 0 heterocycles. The second-order valence-corrected chi connectivity index (χ2v) is 3.21. The highest BCUT2D eigenvalue weighted by atomic mass is 31.1. The van der Waals surface area contributed by atoms with Crippen LogP contribution in [0.25, 0.3) is 0 Å². The fourth-order valence-corrected chi connectivity index (χ4v) is 1.28. The molecule has 0 aliphatic heterocycles. The summed E-state index contributed by atoms with van der Waals surface area (Å²) < 4.78 is 10.4. The standard InChI is InChI=1S/C9H11OP/c1-2-3-8-4-6-9(11-10)7-5-8/h4-7H,2-3H2,1H3. The Morgan fingerprint density at radius 3 is 2.36 bits per heavy atom. The minimum atomic E-state index is 0.112. The van der Waals surface area contributed by atoms with E-state index < -0.39 is 0 Å². The molecule has 1 aromatic rings. The third kappa shape index (κ3) is 2.44. The van der Waals surface area contributed by atoms with Crippen LogP contribution in [0.1, 0.15) is 18.9 Å². The van der Waals surface area contributed by atoms with Gasteiger partial charge in [-0.05, 0) is 24.1 Å². The summed E-state index contributed by atoms with van der Waals surface area (Å²) in [6, 6.07) is 7.87. The van der Waals surface area contributed by atoms with Crippen LogP contribution >= 0.6 is 8.46 Å². The molecule has 0 saturated heterocycles. The second kappa shape index (κ2) is 4.25. The van der Waals surface area contributed by atoms with Crippen molar-refractivity contribution in [3.63, 3.8) is 0 Å². The summed E-state index contributed by atoms with van der Waals surface area (Å²) in [5.41, 5.74) is 1.32. The lowest BCUT2D eigenvalue weighted by atomic mass is 10.1. The van der Waals surface area contributed by atoms with Crippen molar-refractivity contribution >= 4 is 13.8 Å². The lowest BCUT2D eigenvalue weighted by molar-refractivity contribution is 0.603. The maximum Gasteiger partial charge on any atom is 0.192 e. The minimum absolute atomic E-state index is 0.112. The highest BCUT2D eigenvalue weighted by Crippen LogP contribution is 2.03. The Bertz CT molecular complexity index is 228. The molecule has 1 aromatic carbocycles. The van der Waals surface area contributed by atoms with Crippen LogP contribution in [0, 0.1) is 0 Å². The SMILES string of the molecule is CCCc1ccc(P=O)cc1. The van der Waals surface area contributed by atoms with Crippen LogP contribution in [-0.4, -0.2) is 0 Å². The van der Waals surface area contributed by atoms with Crippen molar-refractivity contribution in [1.82, 2.24) is 0 Å². The van der Waals surface area contributed by atoms with Gasteiger partial charge in [0.05, 0.1) is 0 Å². The first-order valence-corrected chi connectivity index (χ1v) is 4.60. The fourth-order valence-electron chi connectivity index (χ4n) is 1.01. The molecule has 2 heteroatoms. The molecule has 0 bridgehead atoms. The lowest BCUT2D eigenvalue weighted by Gasteiger charge is -1.96. The van der Waals surface area contributed by atoms with E-state index in [-0.39, 0.29) is 8.46 Å². The van der Waals surface area contributed by atoms with Crippen LogP contribution in [0.2, 0.25) is 0 Å². The van der Waals surface area contributed by atoms with Crippen molar-refractivity contribution in [1.29, 1.82) is 0 Å². The third-order valence-electron chi connectivity index (χ3n) is 1.58. The van der Waals surface area contributed by atoms with Crippen molar-refractivity contribution in [2.45, 2.75) is 19.8 Å². The van der Waals surface area contributed by atoms with Gasteiger partial charge >= 0.3 is 0 Å². The summed E-state index contributed by atoms with van der Waals surface area (Å²) in [5.74, 6) is 0. The number of rotatable bonds is 3. The van der Waals surface area contributed by atoms with Crippen LogP contribution in [0.5, 0.6) is 0 Å². The van der Waals surface area contributed by atoms with Gasteiger partial charge in [-0.2, -0.15) is 0 Å². The zero-order valence-electron chi connectivity index (χ0n) is 6.58. The summed E-state index contributed by atoms with van der Waals surface area (Å²) in [7, 11) is 0.112. The molecule has 0 fully saturated rings. The molecule has 58 valence electrons. The molecule has 0 aliphatic carbocycles. The smallest absolute Gasteiger partial charge is 0.192 e. The maximum absolute atomic E-state index is 10.4. The van der Waals surface area contributed by atoms with Gasteiger partial charge in [0.1, 0.15) is 0 Å². The Kier molecular flexibility index (Phi) is 3.25. The molecule has 1 nitrogen and oxygen atoms in total. The van der Waals surface area contributed by atoms with E-state index in [1.807, 2.05) is 24.3 Å². The summed E-state index contributed by atoms with van der Waals surface area (Å²) in [6.45, 7) is 2.15. The Hall–Kier alpha value is -0.680. The molecule has 0 unspecified atom stereocenters. The van der Waals surface area contributed by atoms with Gasteiger partial charge in [-0.25, -0.2) is 0 Å². The van der Waals surface area contributed by atoms with Gasteiger partial charge in [0.25, 0.3) is 0 Å². The molecular formula is C9H11OP. The number of hydrogen-bond acceptors (Lipinski definition) is 1. The zero-order valence-corrected chi connectivity index (χ0v) is 7.47. The van der Waals surface area contributed by atoms with E-state index in [4.69, 9.17) is 0 Å². The highest BCUT2D eigenvalue weighted by molar-refractivity contribution is 7.34. The van der Waals surface area contributed by atoms with Crippen molar-refractivity contribution < 1.29 is 4.57 Å². The van der Waals surface area contributed by atoms with Crippen molar-refractivity contribution in [3.05, 3.63) is 29.8 Å². The molecule has 0 radical (unpaired) electrons. The zero-order chi connectivity index (χ0) is 8.10. The number of benzene rings is 1. The van der Waals surface area contributed by atoms with Gasteiger partial charge in [-0.3, -0.25) is 4.57 Å². The Morgan fingerprint density at radius 1 is 1.27 bits per heavy atom. The van der Waals surface area contributed by atoms with Gasteiger partial charge in [-0.1, -0.05) is 25.5 Å². The average molecular weight is 166 g/mol. The average Bonchev–Trinajstić information content (AvgIpc) is 2.07. The number of hydrogen-bond donors (Lipinski definition) is 0. The van der Waals surface area contributed by atoms with Crippen LogP contribution < -0.4 is 5.30 Å². The molecule has 0 saturated carbocycles. The highest BCUT2D eigenvalue weighted by Gasteiger charge is 1.91.